The van der Waals surface area contributed by atoms with E-state index in [1.165, 1.54) is 0 Å². The maximum atomic E-state index is 12.7. The van der Waals surface area contributed by atoms with Crippen molar-refractivity contribution >= 4 is 23.4 Å². The highest BCUT2D eigenvalue weighted by Crippen LogP contribution is 2.23. The molecule has 0 radical (unpaired) electrons. The number of amides is 3. The molecule has 1 heterocycles. The number of piperidine rings is 1. The minimum Gasteiger partial charge on any atom is -0.484 e. The molecule has 0 saturated carbocycles. The van der Waals surface area contributed by atoms with Crippen LogP contribution in [0.1, 0.15) is 59.4 Å². The van der Waals surface area contributed by atoms with E-state index < -0.39 is 0 Å². The Morgan fingerprint density at radius 2 is 1.66 bits per heavy atom. The summed E-state index contributed by atoms with van der Waals surface area (Å²) in [6.07, 6.45) is 3.18. The lowest BCUT2D eigenvalue weighted by Crippen LogP contribution is -2.49. The van der Waals surface area contributed by atoms with Crippen molar-refractivity contribution in [3.8, 4) is 5.75 Å². The summed E-state index contributed by atoms with van der Waals surface area (Å²) in [5.41, 5.74) is 2.23. The molecule has 2 N–H and O–H groups in total. The molecule has 1 aliphatic heterocycles. The number of benzene rings is 2. The summed E-state index contributed by atoms with van der Waals surface area (Å²) in [5.74, 6) is 0.0201. The van der Waals surface area contributed by atoms with Gasteiger partial charge in [0.25, 0.3) is 17.7 Å². The standard InChI is InChI=1S/C25H31N3O4/c1-16-7-5-8-17(2)28(16)23(29)15-32-20-13-11-19(12-14-20)24(30)27-22-10-6-9-21(18(22)3)25(31)26-4/h6,9-14,16-17H,5,7-8,15H2,1-4H3,(H,26,31)(H,27,30). The molecule has 2 atom stereocenters. The van der Waals surface area contributed by atoms with Gasteiger partial charge in [0.05, 0.1) is 0 Å². The summed E-state index contributed by atoms with van der Waals surface area (Å²) < 4.78 is 5.68. The Labute approximate surface area is 189 Å². The van der Waals surface area contributed by atoms with Crippen LogP contribution in [-0.4, -0.2) is 48.4 Å². The lowest BCUT2D eigenvalue weighted by Gasteiger charge is -2.38. The first-order chi connectivity index (χ1) is 15.3. The minimum absolute atomic E-state index is 0.0157. The molecule has 32 heavy (non-hydrogen) atoms. The van der Waals surface area contributed by atoms with Crippen LogP contribution in [0.2, 0.25) is 0 Å². The first-order valence-corrected chi connectivity index (χ1v) is 11.0. The van der Waals surface area contributed by atoms with Crippen LogP contribution in [-0.2, 0) is 4.79 Å². The smallest absolute Gasteiger partial charge is 0.260 e. The molecule has 0 bridgehead atoms. The Bertz CT molecular complexity index is 977. The van der Waals surface area contributed by atoms with Crippen molar-refractivity contribution in [1.82, 2.24) is 10.2 Å². The number of anilines is 1. The van der Waals surface area contributed by atoms with E-state index in [4.69, 9.17) is 4.74 Å². The zero-order valence-corrected chi connectivity index (χ0v) is 19.1. The summed E-state index contributed by atoms with van der Waals surface area (Å²) in [7, 11) is 1.57. The summed E-state index contributed by atoms with van der Waals surface area (Å²) in [6, 6.07) is 12.3. The van der Waals surface area contributed by atoms with Gasteiger partial charge in [-0.15, -0.1) is 0 Å². The van der Waals surface area contributed by atoms with Crippen molar-refractivity contribution in [1.29, 1.82) is 0 Å². The average molecular weight is 438 g/mol. The molecule has 0 spiro atoms. The van der Waals surface area contributed by atoms with Crippen LogP contribution >= 0.6 is 0 Å². The lowest BCUT2D eigenvalue weighted by atomic mass is 9.97. The van der Waals surface area contributed by atoms with Gasteiger partial charge in [0.1, 0.15) is 5.75 Å². The van der Waals surface area contributed by atoms with E-state index >= 15 is 0 Å². The summed E-state index contributed by atoms with van der Waals surface area (Å²) in [5, 5.41) is 5.44. The van der Waals surface area contributed by atoms with E-state index in [1.54, 1.807) is 56.4 Å². The highest BCUT2D eigenvalue weighted by molar-refractivity contribution is 6.06. The fourth-order valence-corrected chi connectivity index (χ4v) is 4.18. The highest BCUT2D eigenvalue weighted by atomic mass is 16.5. The molecule has 3 amide bonds. The molecule has 1 fully saturated rings. The zero-order chi connectivity index (χ0) is 23.3. The number of carbonyl (C=O) groups excluding carboxylic acids is 3. The van der Waals surface area contributed by atoms with Gasteiger partial charge in [-0.1, -0.05) is 6.07 Å². The maximum absolute atomic E-state index is 12.7. The van der Waals surface area contributed by atoms with E-state index in [1.807, 2.05) is 4.90 Å². The summed E-state index contributed by atoms with van der Waals surface area (Å²) in [4.78, 5) is 39.1. The van der Waals surface area contributed by atoms with Gasteiger partial charge in [0, 0.05) is 35.9 Å². The number of hydrogen-bond donors (Lipinski definition) is 2. The van der Waals surface area contributed by atoms with Crippen molar-refractivity contribution in [2.24, 2.45) is 0 Å². The molecule has 7 heteroatoms. The second kappa shape index (κ2) is 10.3. The molecule has 2 aromatic rings. The van der Waals surface area contributed by atoms with Gasteiger partial charge < -0.3 is 20.3 Å². The van der Waals surface area contributed by atoms with Crippen molar-refractivity contribution in [2.45, 2.75) is 52.1 Å². The SMILES string of the molecule is CNC(=O)c1cccc(NC(=O)c2ccc(OCC(=O)N3C(C)CCCC3C)cc2)c1C. The number of likely N-dealkylation sites (tertiary alicyclic amines) is 1. The van der Waals surface area contributed by atoms with Crippen LogP contribution < -0.4 is 15.4 Å². The Morgan fingerprint density at radius 3 is 2.28 bits per heavy atom. The zero-order valence-electron chi connectivity index (χ0n) is 19.1. The van der Waals surface area contributed by atoms with Crippen LogP contribution in [0.25, 0.3) is 0 Å². The van der Waals surface area contributed by atoms with Crippen molar-refractivity contribution in [3.63, 3.8) is 0 Å². The van der Waals surface area contributed by atoms with Crippen LogP contribution in [0.15, 0.2) is 42.5 Å². The number of hydrogen-bond acceptors (Lipinski definition) is 4. The van der Waals surface area contributed by atoms with Gasteiger partial charge in [-0.2, -0.15) is 0 Å². The second-order valence-corrected chi connectivity index (χ2v) is 8.25. The van der Waals surface area contributed by atoms with Gasteiger partial charge >= 0.3 is 0 Å². The molecule has 1 saturated heterocycles. The first-order valence-electron chi connectivity index (χ1n) is 11.0. The van der Waals surface area contributed by atoms with Gasteiger partial charge in [0.2, 0.25) is 0 Å². The third kappa shape index (κ3) is 5.28. The fraction of sp³-hybridized carbons (Fsp3) is 0.400. The van der Waals surface area contributed by atoms with Crippen LogP contribution in [0.3, 0.4) is 0 Å². The number of nitrogens with one attached hydrogen (secondary N) is 2. The van der Waals surface area contributed by atoms with Gasteiger partial charge in [0.15, 0.2) is 6.61 Å². The summed E-state index contributed by atoms with van der Waals surface area (Å²) >= 11 is 0. The molecule has 1 aliphatic rings. The van der Waals surface area contributed by atoms with Gasteiger partial charge in [-0.05, 0) is 82.0 Å². The monoisotopic (exact) mass is 437 g/mol. The second-order valence-electron chi connectivity index (χ2n) is 8.25. The summed E-state index contributed by atoms with van der Waals surface area (Å²) in [6.45, 7) is 5.92. The number of carbonyl (C=O) groups is 3. The average Bonchev–Trinajstić information content (AvgIpc) is 2.78. The predicted octanol–water partition coefficient (Wildman–Crippen LogP) is 3.78. The van der Waals surface area contributed by atoms with E-state index in [0.717, 1.165) is 19.3 Å². The maximum Gasteiger partial charge on any atom is 0.260 e. The molecule has 7 nitrogen and oxygen atoms in total. The minimum atomic E-state index is -0.291. The van der Waals surface area contributed by atoms with Gasteiger partial charge in [-0.25, -0.2) is 0 Å². The molecule has 3 rings (SSSR count). The fourth-order valence-electron chi connectivity index (χ4n) is 4.18. The molecule has 170 valence electrons. The topological polar surface area (TPSA) is 87.7 Å². The predicted molar refractivity (Wildman–Crippen MR) is 124 cm³/mol. The lowest BCUT2D eigenvalue weighted by molar-refractivity contribution is -0.139. The van der Waals surface area contributed by atoms with Crippen LogP contribution in [0.4, 0.5) is 5.69 Å². The van der Waals surface area contributed by atoms with E-state index in [0.29, 0.717) is 28.1 Å². The van der Waals surface area contributed by atoms with Crippen LogP contribution in [0, 0.1) is 6.92 Å². The molecular weight excluding hydrogens is 406 g/mol. The van der Waals surface area contributed by atoms with Crippen molar-refractivity contribution in [3.05, 3.63) is 59.2 Å². The van der Waals surface area contributed by atoms with Crippen molar-refractivity contribution < 1.29 is 19.1 Å². The normalized spacial score (nSPS) is 18.1. The third-order valence-corrected chi connectivity index (χ3v) is 6.01. The Kier molecular flexibility index (Phi) is 7.51. The molecule has 0 aromatic heterocycles. The number of nitrogens with zero attached hydrogens (tertiary/aromatic N) is 1. The first kappa shape index (κ1) is 23.3. The molecule has 0 aliphatic carbocycles. The van der Waals surface area contributed by atoms with Gasteiger partial charge in [-0.3, -0.25) is 14.4 Å². The largest absolute Gasteiger partial charge is 0.484 e. The Morgan fingerprint density at radius 1 is 1.00 bits per heavy atom. The van der Waals surface area contributed by atoms with Crippen molar-refractivity contribution in [2.75, 3.05) is 19.0 Å². The third-order valence-electron chi connectivity index (χ3n) is 6.01. The Balaban J connectivity index is 1.60. The molecule has 2 unspecified atom stereocenters. The number of ether oxygens (including phenoxy) is 1. The number of rotatable bonds is 6. The van der Waals surface area contributed by atoms with E-state index in [2.05, 4.69) is 24.5 Å². The van der Waals surface area contributed by atoms with E-state index in [9.17, 15) is 14.4 Å². The highest BCUT2D eigenvalue weighted by Gasteiger charge is 2.29. The molecular formula is C25H31N3O4. The molecule has 2 aromatic carbocycles. The quantitative estimate of drug-likeness (QED) is 0.720. The Hall–Kier alpha value is -3.35. The van der Waals surface area contributed by atoms with E-state index in [-0.39, 0.29) is 36.4 Å². The van der Waals surface area contributed by atoms with Crippen LogP contribution in [0.5, 0.6) is 5.75 Å².